The molecule has 0 aliphatic heterocycles. The van der Waals surface area contributed by atoms with Crippen molar-refractivity contribution in [2.75, 3.05) is 6.54 Å². The van der Waals surface area contributed by atoms with Gasteiger partial charge in [-0.2, -0.15) is 5.10 Å². The highest BCUT2D eigenvalue weighted by atomic mass is 32.1. The Hall–Kier alpha value is -1.77. The Kier molecular flexibility index (Phi) is 5.04. The van der Waals surface area contributed by atoms with Crippen LogP contribution in [0.5, 0.6) is 0 Å². The molecule has 0 aliphatic carbocycles. The Morgan fingerprint density at radius 2 is 2.17 bits per heavy atom. The van der Waals surface area contributed by atoms with Crippen molar-refractivity contribution in [2.24, 2.45) is 0 Å². The first-order valence-corrected chi connectivity index (χ1v) is 9.34. The first kappa shape index (κ1) is 16.1. The van der Waals surface area contributed by atoms with Crippen LogP contribution in [0.1, 0.15) is 17.8 Å². The average molecular weight is 365 g/mol. The van der Waals surface area contributed by atoms with Gasteiger partial charge in [-0.25, -0.2) is 0 Å². The zero-order chi connectivity index (χ0) is 16.2. The highest BCUT2D eigenvalue weighted by Gasteiger charge is 2.20. The predicted octanol–water partition coefficient (Wildman–Crippen LogP) is 3.65. The van der Waals surface area contributed by atoms with Crippen LogP contribution in [0, 0.1) is 4.77 Å². The summed E-state index contributed by atoms with van der Waals surface area (Å²) in [6.07, 6.45) is 0.838. The second-order valence-electron chi connectivity index (χ2n) is 5.00. The number of carbonyl (C=O) groups excluding carboxylic acids is 1. The van der Waals surface area contributed by atoms with E-state index in [-0.39, 0.29) is 5.91 Å². The summed E-state index contributed by atoms with van der Waals surface area (Å²) in [6, 6.07) is 7.59. The summed E-state index contributed by atoms with van der Waals surface area (Å²) in [5, 5.41) is 14.0. The number of nitrogens with zero attached hydrogens (tertiary/aromatic N) is 2. The smallest absolute Gasteiger partial charge is 0.242 e. The van der Waals surface area contributed by atoms with Gasteiger partial charge in [0.15, 0.2) is 10.6 Å². The summed E-state index contributed by atoms with van der Waals surface area (Å²) in [4.78, 5) is 14.7. The molecule has 0 saturated carbocycles. The summed E-state index contributed by atoms with van der Waals surface area (Å²) in [5.74, 6) is 0.641. The first-order valence-electron chi connectivity index (χ1n) is 7.17. The van der Waals surface area contributed by atoms with E-state index >= 15 is 0 Å². The fourth-order valence-corrected chi connectivity index (χ4v) is 3.98. The maximum Gasteiger partial charge on any atom is 0.242 e. The van der Waals surface area contributed by atoms with Crippen molar-refractivity contribution in [3.8, 4) is 10.7 Å². The largest absolute Gasteiger partial charge is 0.354 e. The molecular weight excluding hydrogens is 348 g/mol. The molecule has 2 N–H and O–H groups in total. The molecule has 1 atom stereocenters. The Labute approximate surface area is 147 Å². The van der Waals surface area contributed by atoms with Crippen LogP contribution < -0.4 is 5.32 Å². The molecule has 0 spiro atoms. The summed E-state index contributed by atoms with van der Waals surface area (Å²) < 4.78 is 2.22. The quantitative estimate of drug-likeness (QED) is 0.656. The van der Waals surface area contributed by atoms with E-state index in [1.165, 1.54) is 4.88 Å². The SMILES string of the molecule is C[C@H](C(=O)NCCc1cccs1)n1c(-c2cccs2)n[nH]c1=S. The number of rotatable bonds is 6. The predicted molar refractivity (Wildman–Crippen MR) is 96.5 cm³/mol. The van der Waals surface area contributed by atoms with Crippen LogP contribution in [0.15, 0.2) is 35.0 Å². The van der Waals surface area contributed by atoms with E-state index < -0.39 is 6.04 Å². The third-order valence-electron chi connectivity index (χ3n) is 3.46. The molecule has 0 unspecified atom stereocenters. The Balaban J connectivity index is 1.70. The third kappa shape index (κ3) is 3.60. The van der Waals surface area contributed by atoms with Crippen molar-refractivity contribution in [3.63, 3.8) is 0 Å². The number of amides is 1. The number of nitrogens with one attached hydrogen (secondary N) is 2. The van der Waals surface area contributed by atoms with E-state index in [4.69, 9.17) is 12.2 Å². The number of hydrogen-bond donors (Lipinski definition) is 2. The van der Waals surface area contributed by atoms with Crippen LogP contribution in [0.4, 0.5) is 0 Å². The maximum atomic E-state index is 12.4. The molecule has 3 aromatic heterocycles. The van der Waals surface area contributed by atoms with Crippen LogP contribution in [-0.2, 0) is 11.2 Å². The van der Waals surface area contributed by atoms with E-state index in [0.29, 0.717) is 17.1 Å². The van der Waals surface area contributed by atoms with Crippen LogP contribution in [0.3, 0.4) is 0 Å². The molecule has 0 fully saturated rings. The van der Waals surface area contributed by atoms with Gasteiger partial charge in [0.1, 0.15) is 6.04 Å². The molecule has 0 aromatic carbocycles. The van der Waals surface area contributed by atoms with E-state index in [1.54, 1.807) is 27.2 Å². The minimum atomic E-state index is -0.415. The van der Waals surface area contributed by atoms with Gasteiger partial charge in [0.05, 0.1) is 4.88 Å². The Bertz CT molecular complexity index is 817. The minimum Gasteiger partial charge on any atom is -0.354 e. The molecule has 0 saturated heterocycles. The molecule has 3 heterocycles. The van der Waals surface area contributed by atoms with Gasteiger partial charge in [-0.3, -0.25) is 14.5 Å². The van der Waals surface area contributed by atoms with Gasteiger partial charge in [-0.15, -0.1) is 22.7 Å². The maximum absolute atomic E-state index is 12.4. The lowest BCUT2D eigenvalue weighted by Gasteiger charge is -2.15. The molecule has 120 valence electrons. The van der Waals surface area contributed by atoms with Crippen molar-refractivity contribution in [3.05, 3.63) is 44.7 Å². The lowest BCUT2D eigenvalue weighted by molar-refractivity contribution is -0.123. The van der Waals surface area contributed by atoms with Crippen molar-refractivity contribution in [1.82, 2.24) is 20.1 Å². The highest BCUT2D eigenvalue weighted by molar-refractivity contribution is 7.71. The minimum absolute atomic E-state index is 0.0585. The van der Waals surface area contributed by atoms with Gasteiger partial charge in [0, 0.05) is 11.4 Å². The molecule has 3 aromatic rings. The Morgan fingerprint density at radius 1 is 1.39 bits per heavy atom. The summed E-state index contributed by atoms with van der Waals surface area (Å²) in [5.41, 5.74) is 0. The van der Waals surface area contributed by atoms with E-state index in [0.717, 1.165) is 11.3 Å². The lowest BCUT2D eigenvalue weighted by Crippen LogP contribution is -2.32. The summed E-state index contributed by atoms with van der Waals surface area (Å²) in [7, 11) is 0. The molecule has 0 radical (unpaired) electrons. The van der Waals surface area contributed by atoms with E-state index in [9.17, 15) is 4.79 Å². The lowest BCUT2D eigenvalue weighted by atomic mass is 10.2. The second kappa shape index (κ2) is 7.20. The van der Waals surface area contributed by atoms with Crippen molar-refractivity contribution >= 4 is 40.8 Å². The van der Waals surface area contributed by atoms with E-state index in [1.807, 2.05) is 35.9 Å². The molecule has 0 aliphatic rings. The van der Waals surface area contributed by atoms with Crippen LogP contribution in [0.2, 0.25) is 0 Å². The number of aromatic amines is 1. The van der Waals surface area contributed by atoms with Crippen LogP contribution in [0.25, 0.3) is 10.7 Å². The average Bonchev–Trinajstić information content (AvgIpc) is 3.27. The zero-order valence-electron chi connectivity index (χ0n) is 12.5. The van der Waals surface area contributed by atoms with Gasteiger partial charge in [-0.1, -0.05) is 12.1 Å². The van der Waals surface area contributed by atoms with Crippen molar-refractivity contribution < 1.29 is 4.79 Å². The first-order chi connectivity index (χ1) is 11.2. The number of thiophene rings is 2. The highest BCUT2D eigenvalue weighted by Crippen LogP contribution is 2.25. The number of hydrogen-bond acceptors (Lipinski definition) is 5. The van der Waals surface area contributed by atoms with Crippen molar-refractivity contribution in [1.29, 1.82) is 0 Å². The molecular formula is C15H16N4OS3. The van der Waals surface area contributed by atoms with Gasteiger partial charge in [-0.05, 0) is 48.5 Å². The third-order valence-corrected chi connectivity index (χ3v) is 5.55. The molecule has 0 bridgehead atoms. The van der Waals surface area contributed by atoms with Gasteiger partial charge in [0.2, 0.25) is 5.91 Å². The topological polar surface area (TPSA) is 62.7 Å². The fraction of sp³-hybridized carbons (Fsp3) is 0.267. The molecule has 1 amide bonds. The summed E-state index contributed by atoms with van der Waals surface area (Å²) >= 11 is 8.56. The normalized spacial score (nSPS) is 12.2. The van der Waals surface area contributed by atoms with E-state index in [2.05, 4.69) is 21.6 Å². The molecule has 5 nitrogen and oxygen atoms in total. The van der Waals surface area contributed by atoms with Gasteiger partial charge in [0.25, 0.3) is 0 Å². The summed E-state index contributed by atoms with van der Waals surface area (Å²) in [6.45, 7) is 2.45. The van der Waals surface area contributed by atoms with Gasteiger partial charge < -0.3 is 5.32 Å². The second-order valence-corrected chi connectivity index (χ2v) is 7.36. The standard InChI is InChI=1S/C15H16N4OS3/c1-10(14(20)16-7-6-11-4-2-8-22-11)19-13(17-18-15(19)21)12-5-3-9-23-12/h2-5,8-10H,6-7H2,1H3,(H,16,20)(H,18,21)/t10-/m1/s1. The fourth-order valence-electron chi connectivity index (χ4n) is 2.27. The monoisotopic (exact) mass is 364 g/mol. The van der Waals surface area contributed by atoms with Crippen LogP contribution in [-0.4, -0.2) is 27.2 Å². The molecule has 23 heavy (non-hydrogen) atoms. The number of H-pyrrole nitrogens is 1. The number of aromatic nitrogens is 3. The molecule has 3 rings (SSSR count). The van der Waals surface area contributed by atoms with Crippen LogP contribution >= 0.6 is 34.9 Å². The van der Waals surface area contributed by atoms with Crippen molar-refractivity contribution in [2.45, 2.75) is 19.4 Å². The Morgan fingerprint density at radius 3 is 2.87 bits per heavy atom. The zero-order valence-corrected chi connectivity index (χ0v) is 14.9. The van der Waals surface area contributed by atoms with Gasteiger partial charge >= 0.3 is 0 Å². The molecule has 8 heteroatoms. The number of carbonyl (C=O) groups is 1.